The molecule has 0 fully saturated rings. The van der Waals surface area contributed by atoms with E-state index in [4.69, 9.17) is 0 Å². The van der Waals surface area contributed by atoms with E-state index < -0.39 is 11.6 Å². The second-order valence-electron chi connectivity index (χ2n) is 4.26. The topological polar surface area (TPSA) is 12.0 Å². The van der Waals surface area contributed by atoms with E-state index in [0.29, 0.717) is 0 Å². The van der Waals surface area contributed by atoms with Crippen LogP contribution in [-0.2, 0) is 0 Å². The lowest BCUT2D eigenvalue weighted by Crippen LogP contribution is -2.18. The summed E-state index contributed by atoms with van der Waals surface area (Å²) >= 11 is 1.71. The third kappa shape index (κ3) is 2.44. The molecule has 1 heterocycles. The second kappa shape index (κ2) is 5.16. The molecule has 1 unspecified atom stereocenters. The first-order chi connectivity index (χ1) is 8.52. The Morgan fingerprint density at radius 2 is 1.83 bits per heavy atom. The summed E-state index contributed by atoms with van der Waals surface area (Å²) in [5.41, 5.74) is 1.85. The Balaban J connectivity index is 2.45. The summed E-state index contributed by atoms with van der Waals surface area (Å²) in [4.78, 5) is 2.40. The van der Waals surface area contributed by atoms with E-state index in [-0.39, 0.29) is 6.04 Å². The maximum atomic E-state index is 13.3. The SMILES string of the molecule is CNC(c1ccc(F)c(F)c1)c1cc(C)sc1C. The van der Waals surface area contributed by atoms with Crippen molar-refractivity contribution in [1.82, 2.24) is 5.32 Å². The lowest BCUT2D eigenvalue weighted by Gasteiger charge is -2.17. The van der Waals surface area contributed by atoms with Crippen molar-refractivity contribution >= 4 is 11.3 Å². The van der Waals surface area contributed by atoms with Gasteiger partial charge in [-0.05, 0) is 50.2 Å². The largest absolute Gasteiger partial charge is 0.309 e. The Morgan fingerprint density at radius 3 is 2.33 bits per heavy atom. The van der Waals surface area contributed by atoms with Crippen LogP contribution >= 0.6 is 11.3 Å². The lowest BCUT2D eigenvalue weighted by molar-refractivity contribution is 0.505. The van der Waals surface area contributed by atoms with Gasteiger partial charge >= 0.3 is 0 Å². The van der Waals surface area contributed by atoms with Crippen LogP contribution in [0.4, 0.5) is 8.78 Å². The van der Waals surface area contributed by atoms with E-state index in [2.05, 4.69) is 11.4 Å². The zero-order chi connectivity index (χ0) is 13.3. The molecule has 2 aromatic rings. The first-order valence-electron chi connectivity index (χ1n) is 5.72. The Bertz CT molecular complexity index is 563. The zero-order valence-corrected chi connectivity index (χ0v) is 11.4. The second-order valence-corrected chi connectivity index (χ2v) is 5.72. The molecule has 0 amide bonds. The van der Waals surface area contributed by atoms with E-state index >= 15 is 0 Å². The third-order valence-electron chi connectivity index (χ3n) is 2.96. The average Bonchev–Trinajstić information content (AvgIpc) is 2.64. The fourth-order valence-corrected chi connectivity index (χ4v) is 3.09. The van der Waals surface area contributed by atoms with Gasteiger partial charge in [0, 0.05) is 9.75 Å². The van der Waals surface area contributed by atoms with Crippen LogP contribution in [0.25, 0.3) is 0 Å². The monoisotopic (exact) mass is 267 g/mol. The highest BCUT2D eigenvalue weighted by Crippen LogP contribution is 2.30. The molecule has 96 valence electrons. The highest BCUT2D eigenvalue weighted by Gasteiger charge is 2.17. The first kappa shape index (κ1) is 13.2. The quantitative estimate of drug-likeness (QED) is 0.887. The smallest absolute Gasteiger partial charge is 0.159 e. The third-order valence-corrected chi connectivity index (χ3v) is 3.94. The number of aryl methyl sites for hydroxylation is 2. The molecule has 1 nitrogen and oxygen atoms in total. The molecule has 0 saturated carbocycles. The van der Waals surface area contributed by atoms with Crippen molar-refractivity contribution in [3.05, 3.63) is 56.8 Å². The van der Waals surface area contributed by atoms with Crippen LogP contribution < -0.4 is 5.32 Å². The molecule has 0 saturated heterocycles. The van der Waals surface area contributed by atoms with Gasteiger partial charge in [-0.25, -0.2) is 8.78 Å². The molecule has 0 bridgehead atoms. The summed E-state index contributed by atoms with van der Waals surface area (Å²) in [6.45, 7) is 4.08. The Labute approximate surface area is 109 Å². The van der Waals surface area contributed by atoms with Crippen LogP contribution in [0, 0.1) is 25.5 Å². The maximum Gasteiger partial charge on any atom is 0.159 e. The van der Waals surface area contributed by atoms with Crippen molar-refractivity contribution < 1.29 is 8.78 Å². The molecule has 0 aliphatic heterocycles. The molecule has 0 aliphatic carbocycles. The van der Waals surface area contributed by atoms with Crippen LogP contribution in [-0.4, -0.2) is 7.05 Å². The number of halogens is 2. The highest BCUT2D eigenvalue weighted by atomic mass is 32.1. The zero-order valence-electron chi connectivity index (χ0n) is 10.6. The molecule has 2 rings (SSSR count). The number of hydrogen-bond donors (Lipinski definition) is 1. The van der Waals surface area contributed by atoms with Crippen molar-refractivity contribution in [3.63, 3.8) is 0 Å². The van der Waals surface area contributed by atoms with E-state index in [0.717, 1.165) is 11.1 Å². The Morgan fingerprint density at radius 1 is 1.11 bits per heavy atom. The fraction of sp³-hybridized carbons (Fsp3) is 0.286. The first-order valence-corrected chi connectivity index (χ1v) is 6.53. The molecule has 1 N–H and O–H groups in total. The van der Waals surface area contributed by atoms with Crippen molar-refractivity contribution in [1.29, 1.82) is 0 Å². The van der Waals surface area contributed by atoms with Crippen LogP contribution in [0.5, 0.6) is 0 Å². The molecule has 4 heteroatoms. The summed E-state index contributed by atoms with van der Waals surface area (Å²) in [6.07, 6.45) is 0. The minimum absolute atomic E-state index is 0.106. The molecular formula is C14H15F2NS. The van der Waals surface area contributed by atoms with Crippen molar-refractivity contribution in [2.75, 3.05) is 7.05 Å². The van der Waals surface area contributed by atoms with Gasteiger partial charge in [-0.3, -0.25) is 0 Å². The van der Waals surface area contributed by atoms with Crippen LogP contribution in [0.15, 0.2) is 24.3 Å². The standard InChI is InChI=1S/C14H15F2NS/c1-8-6-11(9(2)18-8)14(17-3)10-4-5-12(15)13(16)7-10/h4-7,14,17H,1-3H3. The van der Waals surface area contributed by atoms with Gasteiger partial charge in [-0.1, -0.05) is 6.07 Å². The summed E-state index contributed by atoms with van der Waals surface area (Å²) in [5, 5.41) is 3.15. The predicted octanol–water partition coefficient (Wildman–Crippen LogP) is 3.95. The van der Waals surface area contributed by atoms with E-state index in [1.165, 1.54) is 21.9 Å². The van der Waals surface area contributed by atoms with Crippen molar-refractivity contribution in [3.8, 4) is 0 Å². The maximum absolute atomic E-state index is 13.3. The summed E-state index contributed by atoms with van der Waals surface area (Å²) < 4.78 is 26.3. The molecule has 1 aromatic carbocycles. The minimum atomic E-state index is -0.813. The average molecular weight is 267 g/mol. The van der Waals surface area contributed by atoms with E-state index in [9.17, 15) is 8.78 Å². The summed E-state index contributed by atoms with van der Waals surface area (Å²) in [7, 11) is 1.82. The van der Waals surface area contributed by atoms with Gasteiger partial charge in [0.1, 0.15) is 0 Å². The number of nitrogens with one attached hydrogen (secondary N) is 1. The molecule has 18 heavy (non-hydrogen) atoms. The van der Waals surface area contributed by atoms with Gasteiger partial charge in [-0.15, -0.1) is 11.3 Å². The number of hydrogen-bond acceptors (Lipinski definition) is 2. The van der Waals surface area contributed by atoms with Gasteiger partial charge in [0.25, 0.3) is 0 Å². The normalized spacial score (nSPS) is 12.7. The van der Waals surface area contributed by atoms with Crippen LogP contribution in [0.3, 0.4) is 0 Å². The van der Waals surface area contributed by atoms with E-state index in [1.807, 2.05) is 20.9 Å². The number of rotatable bonds is 3. The van der Waals surface area contributed by atoms with Gasteiger partial charge in [0.15, 0.2) is 11.6 Å². The van der Waals surface area contributed by atoms with Gasteiger partial charge in [-0.2, -0.15) is 0 Å². The molecule has 1 atom stereocenters. The summed E-state index contributed by atoms with van der Waals surface area (Å²) in [6, 6.07) is 6.02. The van der Waals surface area contributed by atoms with Crippen molar-refractivity contribution in [2.24, 2.45) is 0 Å². The Kier molecular flexibility index (Phi) is 3.78. The van der Waals surface area contributed by atoms with E-state index in [1.54, 1.807) is 17.4 Å². The van der Waals surface area contributed by atoms with Gasteiger partial charge < -0.3 is 5.32 Å². The highest BCUT2D eigenvalue weighted by molar-refractivity contribution is 7.12. The van der Waals surface area contributed by atoms with Gasteiger partial charge in [0.05, 0.1) is 6.04 Å². The molecule has 0 radical (unpaired) electrons. The number of benzene rings is 1. The van der Waals surface area contributed by atoms with Crippen molar-refractivity contribution in [2.45, 2.75) is 19.9 Å². The van der Waals surface area contributed by atoms with Crippen LogP contribution in [0.2, 0.25) is 0 Å². The van der Waals surface area contributed by atoms with Gasteiger partial charge in [0.2, 0.25) is 0 Å². The molecule has 1 aromatic heterocycles. The van der Waals surface area contributed by atoms with Crippen LogP contribution in [0.1, 0.15) is 26.9 Å². The molecule has 0 spiro atoms. The minimum Gasteiger partial charge on any atom is -0.309 e. The summed E-state index contributed by atoms with van der Waals surface area (Å²) in [5.74, 6) is -1.62. The Hall–Kier alpha value is -1.26. The number of thiophene rings is 1. The molecular weight excluding hydrogens is 252 g/mol. The predicted molar refractivity (Wildman–Crippen MR) is 71.1 cm³/mol. The fourth-order valence-electron chi connectivity index (χ4n) is 2.13. The molecule has 0 aliphatic rings. The lowest BCUT2D eigenvalue weighted by atomic mass is 9.99.